The van der Waals surface area contributed by atoms with Gasteiger partial charge in [0.2, 0.25) is 10.0 Å². The van der Waals surface area contributed by atoms with Gasteiger partial charge in [-0.25, -0.2) is 13.6 Å². The molecule has 0 amide bonds. The Bertz CT molecular complexity index is 530. The van der Waals surface area contributed by atoms with Gasteiger partial charge in [-0.1, -0.05) is 0 Å². The SMILES string of the molecule is CC1CN(CCOc2ccc(S(N)(=O)=O)cc2)CCO1. The van der Waals surface area contributed by atoms with Crippen molar-refractivity contribution < 1.29 is 17.9 Å². The summed E-state index contributed by atoms with van der Waals surface area (Å²) < 4.78 is 33.3. The topological polar surface area (TPSA) is 81.9 Å². The number of primary sulfonamides is 1. The fourth-order valence-electron chi connectivity index (χ4n) is 2.11. The highest BCUT2D eigenvalue weighted by Crippen LogP contribution is 2.15. The van der Waals surface area contributed by atoms with Crippen molar-refractivity contribution in [2.24, 2.45) is 5.14 Å². The van der Waals surface area contributed by atoms with E-state index in [1.165, 1.54) is 12.1 Å². The first-order valence-corrected chi connectivity index (χ1v) is 8.09. The summed E-state index contributed by atoms with van der Waals surface area (Å²) in [5, 5.41) is 5.03. The molecule has 1 aliphatic heterocycles. The number of benzene rings is 1. The highest BCUT2D eigenvalue weighted by molar-refractivity contribution is 7.89. The second kappa shape index (κ2) is 6.53. The fraction of sp³-hybridized carbons (Fsp3) is 0.538. The van der Waals surface area contributed by atoms with Gasteiger partial charge in [0.1, 0.15) is 12.4 Å². The molecule has 1 fully saturated rings. The Balaban J connectivity index is 1.79. The van der Waals surface area contributed by atoms with Crippen LogP contribution in [0.4, 0.5) is 0 Å². The Labute approximate surface area is 119 Å². The van der Waals surface area contributed by atoms with Crippen molar-refractivity contribution in [3.05, 3.63) is 24.3 Å². The molecular weight excluding hydrogens is 280 g/mol. The third-order valence-electron chi connectivity index (χ3n) is 3.15. The molecule has 0 spiro atoms. The van der Waals surface area contributed by atoms with Gasteiger partial charge in [0, 0.05) is 19.6 Å². The number of sulfonamides is 1. The monoisotopic (exact) mass is 300 g/mol. The number of rotatable bonds is 5. The number of ether oxygens (including phenoxy) is 2. The average molecular weight is 300 g/mol. The Hall–Kier alpha value is -1.15. The van der Waals surface area contributed by atoms with Crippen LogP contribution in [0.25, 0.3) is 0 Å². The molecule has 112 valence electrons. The van der Waals surface area contributed by atoms with Crippen LogP contribution >= 0.6 is 0 Å². The number of nitrogens with two attached hydrogens (primary N) is 1. The average Bonchev–Trinajstić information content (AvgIpc) is 2.38. The predicted octanol–water partition coefficient (Wildman–Crippen LogP) is 0.434. The van der Waals surface area contributed by atoms with Crippen LogP contribution in [0.1, 0.15) is 6.92 Å². The molecule has 1 saturated heterocycles. The minimum atomic E-state index is -3.64. The van der Waals surface area contributed by atoms with Crippen LogP contribution in [0.3, 0.4) is 0 Å². The third kappa shape index (κ3) is 4.45. The fourth-order valence-corrected chi connectivity index (χ4v) is 2.63. The van der Waals surface area contributed by atoms with Gasteiger partial charge in [0.05, 0.1) is 17.6 Å². The van der Waals surface area contributed by atoms with E-state index in [2.05, 4.69) is 11.8 Å². The minimum absolute atomic E-state index is 0.0897. The zero-order chi connectivity index (χ0) is 14.6. The second-order valence-electron chi connectivity index (χ2n) is 4.85. The second-order valence-corrected chi connectivity index (χ2v) is 6.41. The third-order valence-corrected chi connectivity index (χ3v) is 4.08. The molecule has 1 unspecified atom stereocenters. The van der Waals surface area contributed by atoms with Crippen molar-refractivity contribution in [3.8, 4) is 5.75 Å². The molecule has 20 heavy (non-hydrogen) atoms. The first kappa shape index (κ1) is 15.2. The van der Waals surface area contributed by atoms with Crippen molar-refractivity contribution in [1.29, 1.82) is 0 Å². The lowest BCUT2D eigenvalue weighted by Gasteiger charge is -2.30. The summed E-state index contributed by atoms with van der Waals surface area (Å²) in [5.74, 6) is 0.638. The summed E-state index contributed by atoms with van der Waals surface area (Å²) >= 11 is 0. The van der Waals surface area contributed by atoms with Crippen molar-refractivity contribution in [2.45, 2.75) is 17.9 Å². The van der Waals surface area contributed by atoms with E-state index >= 15 is 0 Å². The van der Waals surface area contributed by atoms with E-state index in [1.54, 1.807) is 12.1 Å². The molecule has 1 atom stereocenters. The highest BCUT2D eigenvalue weighted by atomic mass is 32.2. The minimum Gasteiger partial charge on any atom is -0.492 e. The van der Waals surface area contributed by atoms with Gasteiger partial charge in [-0.15, -0.1) is 0 Å². The Morgan fingerprint density at radius 1 is 1.40 bits per heavy atom. The van der Waals surface area contributed by atoms with Crippen molar-refractivity contribution in [1.82, 2.24) is 4.90 Å². The maximum absolute atomic E-state index is 11.1. The van der Waals surface area contributed by atoms with E-state index in [1.807, 2.05) is 0 Å². The molecule has 0 bridgehead atoms. The largest absolute Gasteiger partial charge is 0.492 e. The molecule has 2 rings (SSSR count). The van der Waals surface area contributed by atoms with E-state index in [0.717, 1.165) is 26.2 Å². The number of nitrogens with zero attached hydrogens (tertiary/aromatic N) is 1. The molecule has 1 aromatic rings. The van der Waals surface area contributed by atoms with Crippen LogP contribution < -0.4 is 9.88 Å². The van der Waals surface area contributed by atoms with Crippen LogP contribution in [-0.2, 0) is 14.8 Å². The first-order chi connectivity index (χ1) is 9.45. The van der Waals surface area contributed by atoms with Gasteiger partial charge in [0.25, 0.3) is 0 Å². The maximum atomic E-state index is 11.1. The van der Waals surface area contributed by atoms with E-state index in [-0.39, 0.29) is 11.0 Å². The molecule has 6 nitrogen and oxygen atoms in total. The van der Waals surface area contributed by atoms with Crippen molar-refractivity contribution >= 4 is 10.0 Å². The molecular formula is C13H20N2O4S. The molecule has 0 aromatic heterocycles. The van der Waals surface area contributed by atoms with Crippen LogP contribution in [0.5, 0.6) is 5.75 Å². The molecule has 1 heterocycles. The quantitative estimate of drug-likeness (QED) is 0.853. The smallest absolute Gasteiger partial charge is 0.238 e. The lowest BCUT2D eigenvalue weighted by molar-refractivity contribution is -0.0214. The zero-order valence-electron chi connectivity index (χ0n) is 11.5. The van der Waals surface area contributed by atoms with Gasteiger partial charge >= 0.3 is 0 Å². The van der Waals surface area contributed by atoms with Crippen molar-refractivity contribution in [2.75, 3.05) is 32.8 Å². The van der Waals surface area contributed by atoms with Crippen LogP contribution in [0.15, 0.2) is 29.2 Å². The number of hydrogen-bond acceptors (Lipinski definition) is 5. The normalized spacial score (nSPS) is 20.8. The lowest BCUT2D eigenvalue weighted by Crippen LogP contribution is -2.42. The van der Waals surface area contributed by atoms with Crippen molar-refractivity contribution in [3.63, 3.8) is 0 Å². The standard InChI is InChI=1S/C13H20N2O4S/c1-11-10-15(6-8-18-11)7-9-19-12-2-4-13(5-3-12)20(14,16)17/h2-5,11H,6-10H2,1H3,(H2,14,16,17). The summed E-state index contributed by atoms with van der Waals surface area (Å²) in [5.41, 5.74) is 0. The van der Waals surface area contributed by atoms with Gasteiger partial charge in [-0.2, -0.15) is 0 Å². The molecule has 1 aliphatic rings. The molecule has 1 aromatic carbocycles. The van der Waals surface area contributed by atoms with E-state index < -0.39 is 10.0 Å². The molecule has 7 heteroatoms. The Morgan fingerprint density at radius 3 is 2.70 bits per heavy atom. The van der Waals surface area contributed by atoms with Gasteiger partial charge in [-0.3, -0.25) is 4.90 Å². The highest BCUT2D eigenvalue weighted by Gasteiger charge is 2.16. The van der Waals surface area contributed by atoms with Gasteiger partial charge < -0.3 is 9.47 Å². The molecule has 0 radical (unpaired) electrons. The van der Waals surface area contributed by atoms with E-state index in [9.17, 15) is 8.42 Å². The molecule has 2 N–H and O–H groups in total. The summed E-state index contributed by atoms with van der Waals surface area (Å²) in [4.78, 5) is 2.37. The molecule has 0 aliphatic carbocycles. The molecule has 0 saturated carbocycles. The lowest BCUT2D eigenvalue weighted by atomic mass is 10.3. The Morgan fingerprint density at radius 2 is 2.10 bits per heavy atom. The summed E-state index contributed by atoms with van der Waals surface area (Å²) in [6.45, 7) is 6.01. The van der Waals surface area contributed by atoms with Crippen LogP contribution in [0.2, 0.25) is 0 Å². The Kier molecular flexibility index (Phi) is 4.98. The maximum Gasteiger partial charge on any atom is 0.238 e. The first-order valence-electron chi connectivity index (χ1n) is 6.55. The van der Waals surface area contributed by atoms with Gasteiger partial charge in [0.15, 0.2) is 0 Å². The number of morpholine rings is 1. The van der Waals surface area contributed by atoms with E-state index in [0.29, 0.717) is 12.4 Å². The van der Waals surface area contributed by atoms with Crippen LogP contribution in [-0.4, -0.2) is 52.3 Å². The zero-order valence-corrected chi connectivity index (χ0v) is 12.3. The summed E-state index contributed by atoms with van der Waals surface area (Å²) in [7, 11) is -3.64. The van der Waals surface area contributed by atoms with Crippen LogP contribution in [0, 0.1) is 0 Å². The number of hydrogen-bond donors (Lipinski definition) is 1. The predicted molar refractivity (Wildman–Crippen MR) is 75.2 cm³/mol. The summed E-state index contributed by atoms with van der Waals surface area (Å²) in [6.07, 6.45) is 0.262. The van der Waals surface area contributed by atoms with E-state index in [4.69, 9.17) is 14.6 Å². The van der Waals surface area contributed by atoms with Gasteiger partial charge in [-0.05, 0) is 31.2 Å². The summed E-state index contributed by atoms with van der Waals surface area (Å²) in [6, 6.07) is 6.12.